The van der Waals surface area contributed by atoms with Gasteiger partial charge in [0.1, 0.15) is 0 Å². The number of nitrogens with one attached hydrogen (secondary N) is 1. The van der Waals surface area contributed by atoms with Crippen LogP contribution in [0.1, 0.15) is 23.0 Å². The Hall–Kier alpha value is -2.29. The van der Waals surface area contributed by atoms with E-state index in [0.717, 1.165) is 0 Å². The highest BCUT2D eigenvalue weighted by Gasteiger charge is 2.52. The Labute approximate surface area is 112 Å². The third-order valence-corrected chi connectivity index (χ3v) is 3.70. The minimum atomic E-state index is -0.454. The van der Waals surface area contributed by atoms with Crippen LogP contribution in [0.25, 0.3) is 0 Å². The summed E-state index contributed by atoms with van der Waals surface area (Å²) in [7, 11) is 0. The van der Waals surface area contributed by atoms with Crippen molar-refractivity contribution in [2.75, 3.05) is 0 Å². The van der Waals surface area contributed by atoms with Gasteiger partial charge in [-0.1, -0.05) is 60.7 Å². The number of rotatable bonds is 3. The summed E-state index contributed by atoms with van der Waals surface area (Å²) in [5, 5.41) is 2.85. The third-order valence-electron chi connectivity index (χ3n) is 3.70. The van der Waals surface area contributed by atoms with E-state index in [4.69, 9.17) is 5.73 Å². The molecule has 3 N–H and O–H groups in total. The number of hydrogen-bond donors (Lipinski definition) is 2. The van der Waals surface area contributed by atoms with Crippen LogP contribution < -0.4 is 11.1 Å². The molecular formula is C16H16N2O. The first-order chi connectivity index (χ1) is 9.27. The van der Waals surface area contributed by atoms with Crippen molar-refractivity contribution in [3.63, 3.8) is 0 Å². The highest BCUT2D eigenvalue weighted by Crippen LogP contribution is 2.54. The van der Waals surface area contributed by atoms with Crippen molar-refractivity contribution in [1.29, 1.82) is 0 Å². The van der Waals surface area contributed by atoms with Gasteiger partial charge in [0.05, 0.1) is 0 Å². The lowest BCUT2D eigenvalue weighted by Gasteiger charge is -1.99. The molecule has 1 fully saturated rings. The van der Waals surface area contributed by atoms with Crippen molar-refractivity contribution >= 4 is 6.03 Å². The standard InChI is InChI=1S/C16H16N2O/c17-16(19)18-15-13(11-7-3-1-4-8-11)14(15)12-9-5-2-6-10-12/h1-10,13-15H,(H3,17,18,19). The van der Waals surface area contributed by atoms with E-state index >= 15 is 0 Å². The van der Waals surface area contributed by atoms with Crippen LogP contribution in [0.2, 0.25) is 0 Å². The summed E-state index contributed by atoms with van der Waals surface area (Å²) < 4.78 is 0. The summed E-state index contributed by atoms with van der Waals surface area (Å²) in [5.74, 6) is 0.632. The predicted octanol–water partition coefficient (Wildman–Crippen LogP) is 2.60. The molecule has 1 aliphatic carbocycles. The Kier molecular flexibility index (Phi) is 2.95. The normalized spacial score (nSPS) is 24.7. The second-order valence-corrected chi connectivity index (χ2v) is 4.91. The van der Waals surface area contributed by atoms with Crippen LogP contribution in [0.15, 0.2) is 60.7 Å². The van der Waals surface area contributed by atoms with E-state index in [1.807, 2.05) is 36.4 Å². The van der Waals surface area contributed by atoms with Crippen molar-refractivity contribution in [1.82, 2.24) is 5.32 Å². The van der Waals surface area contributed by atoms with Crippen LogP contribution in [0, 0.1) is 0 Å². The Balaban J connectivity index is 1.88. The van der Waals surface area contributed by atoms with E-state index in [1.54, 1.807) is 0 Å². The molecule has 0 spiro atoms. The van der Waals surface area contributed by atoms with Crippen molar-refractivity contribution in [2.24, 2.45) is 5.73 Å². The molecule has 19 heavy (non-hydrogen) atoms. The van der Waals surface area contributed by atoms with Gasteiger partial charge < -0.3 is 11.1 Å². The number of amides is 2. The maximum absolute atomic E-state index is 11.1. The number of carbonyl (C=O) groups excluding carboxylic acids is 1. The molecule has 2 aromatic rings. The lowest BCUT2D eigenvalue weighted by molar-refractivity contribution is 0.248. The van der Waals surface area contributed by atoms with Gasteiger partial charge in [-0.15, -0.1) is 0 Å². The molecule has 0 bridgehead atoms. The summed E-state index contributed by atoms with van der Waals surface area (Å²) in [6.07, 6.45) is 0. The summed E-state index contributed by atoms with van der Waals surface area (Å²) in [6, 6.07) is 20.1. The third kappa shape index (κ3) is 2.32. The zero-order chi connectivity index (χ0) is 13.2. The van der Waals surface area contributed by atoms with Gasteiger partial charge in [-0.2, -0.15) is 0 Å². The fraction of sp³-hybridized carbons (Fsp3) is 0.188. The van der Waals surface area contributed by atoms with Crippen molar-refractivity contribution < 1.29 is 4.79 Å². The number of carbonyl (C=O) groups is 1. The molecule has 3 nitrogen and oxygen atoms in total. The van der Waals surface area contributed by atoms with Crippen molar-refractivity contribution in [3.05, 3.63) is 71.8 Å². The van der Waals surface area contributed by atoms with Crippen LogP contribution in [0.3, 0.4) is 0 Å². The largest absolute Gasteiger partial charge is 0.352 e. The van der Waals surface area contributed by atoms with E-state index < -0.39 is 6.03 Å². The monoisotopic (exact) mass is 252 g/mol. The first-order valence-electron chi connectivity index (χ1n) is 6.43. The molecule has 3 heteroatoms. The van der Waals surface area contributed by atoms with Crippen LogP contribution in [0.5, 0.6) is 0 Å². The summed E-state index contributed by atoms with van der Waals surface area (Å²) in [4.78, 5) is 11.1. The molecule has 0 heterocycles. The first kappa shape index (κ1) is 11.8. The van der Waals surface area contributed by atoms with Gasteiger partial charge in [0.25, 0.3) is 0 Å². The van der Waals surface area contributed by atoms with Crippen LogP contribution >= 0.6 is 0 Å². The van der Waals surface area contributed by atoms with E-state index in [-0.39, 0.29) is 6.04 Å². The van der Waals surface area contributed by atoms with Gasteiger partial charge in [0, 0.05) is 17.9 Å². The van der Waals surface area contributed by atoms with Crippen LogP contribution in [-0.2, 0) is 0 Å². The number of urea groups is 1. The molecule has 0 aromatic heterocycles. The summed E-state index contributed by atoms with van der Waals surface area (Å²) in [5.41, 5.74) is 7.75. The number of hydrogen-bond acceptors (Lipinski definition) is 1. The van der Waals surface area contributed by atoms with Gasteiger partial charge in [-0.3, -0.25) is 0 Å². The van der Waals surface area contributed by atoms with Crippen molar-refractivity contribution in [2.45, 2.75) is 17.9 Å². The Morgan fingerprint density at radius 2 is 1.26 bits per heavy atom. The molecule has 0 aliphatic heterocycles. The van der Waals surface area contributed by atoms with Crippen LogP contribution in [0.4, 0.5) is 4.79 Å². The summed E-state index contributed by atoms with van der Waals surface area (Å²) in [6.45, 7) is 0. The highest BCUT2D eigenvalue weighted by molar-refractivity contribution is 5.73. The number of benzene rings is 2. The fourth-order valence-corrected chi connectivity index (χ4v) is 2.83. The first-order valence-corrected chi connectivity index (χ1v) is 6.43. The Morgan fingerprint density at radius 3 is 1.63 bits per heavy atom. The second-order valence-electron chi connectivity index (χ2n) is 4.91. The van der Waals surface area contributed by atoms with Crippen molar-refractivity contribution in [3.8, 4) is 0 Å². The maximum Gasteiger partial charge on any atom is 0.312 e. The molecule has 2 aromatic carbocycles. The minimum Gasteiger partial charge on any atom is -0.352 e. The topological polar surface area (TPSA) is 55.1 Å². The van der Waals surface area contributed by atoms with E-state index in [0.29, 0.717) is 11.8 Å². The van der Waals surface area contributed by atoms with Gasteiger partial charge in [0.15, 0.2) is 0 Å². The van der Waals surface area contributed by atoms with Gasteiger partial charge in [-0.25, -0.2) is 4.79 Å². The Bertz CT molecular complexity index is 522. The molecule has 1 aliphatic rings. The lowest BCUT2D eigenvalue weighted by Crippen LogP contribution is -2.32. The van der Waals surface area contributed by atoms with Gasteiger partial charge >= 0.3 is 6.03 Å². The number of primary amides is 1. The quantitative estimate of drug-likeness (QED) is 0.866. The molecule has 2 unspecified atom stereocenters. The fourth-order valence-electron chi connectivity index (χ4n) is 2.83. The Morgan fingerprint density at radius 1 is 0.842 bits per heavy atom. The number of nitrogens with two attached hydrogens (primary N) is 1. The zero-order valence-corrected chi connectivity index (χ0v) is 10.5. The van der Waals surface area contributed by atoms with E-state index in [2.05, 4.69) is 29.6 Å². The molecule has 2 atom stereocenters. The lowest BCUT2D eigenvalue weighted by atomic mass is 10.0. The summed E-state index contributed by atoms with van der Waals surface area (Å²) >= 11 is 0. The smallest absolute Gasteiger partial charge is 0.312 e. The molecule has 0 radical (unpaired) electrons. The highest BCUT2D eigenvalue weighted by atomic mass is 16.2. The molecule has 96 valence electrons. The van der Waals surface area contributed by atoms with Crippen LogP contribution in [-0.4, -0.2) is 12.1 Å². The molecule has 1 saturated carbocycles. The average molecular weight is 252 g/mol. The predicted molar refractivity (Wildman–Crippen MR) is 74.9 cm³/mol. The zero-order valence-electron chi connectivity index (χ0n) is 10.5. The molecule has 0 saturated heterocycles. The molecule has 2 amide bonds. The maximum atomic E-state index is 11.1. The average Bonchev–Trinajstić information content (AvgIpc) is 3.14. The second kappa shape index (κ2) is 4.76. The minimum absolute atomic E-state index is 0.0994. The van der Waals surface area contributed by atoms with Gasteiger partial charge in [-0.05, 0) is 11.1 Å². The molecule has 3 rings (SSSR count). The van der Waals surface area contributed by atoms with Gasteiger partial charge in [0.2, 0.25) is 0 Å². The molecular weight excluding hydrogens is 236 g/mol. The van der Waals surface area contributed by atoms with E-state index in [1.165, 1.54) is 11.1 Å². The SMILES string of the molecule is NC(=O)NC1C(c2ccccc2)C1c1ccccc1. The van der Waals surface area contributed by atoms with E-state index in [9.17, 15) is 4.79 Å².